The Bertz CT molecular complexity index is 1000. The lowest BCUT2D eigenvalue weighted by Gasteiger charge is -2.31. The van der Waals surface area contributed by atoms with Crippen LogP contribution in [0.15, 0.2) is 41.7 Å². The molecule has 0 N–H and O–H groups in total. The second kappa shape index (κ2) is 9.18. The summed E-state index contributed by atoms with van der Waals surface area (Å²) in [7, 11) is -1.99. The first-order chi connectivity index (χ1) is 15.0. The standard InChI is InChI=1S/C21H27NO9S/c1-21(2)29-14-12-22(11-13-9-7-6-8-10-13)16(17(14)30-21)15(19(23)27-3)18(20(24)28-4)31-32(5,25)26/h6-10,14,16-17H,11-12H2,1-5H3/b18-15-/t14-,16+,17-/m1/s1. The first-order valence-electron chi connectivity index (χ1n) is 9.89. The van der Waals surface area contributed by atoms with Gasteiger partial charge in [0, 0.05) is 13.1 Å². The maximum Gasteiger partial charge on any atom is 0.375 e. The van der Waals surface area contributed by atoms with Gasteiger partial charge in [0.15, 0.2) is 5.79 Å². The molecule has 2 aliphatic heterocycles. The Morgan fingerprint density at radius 1 is 1.09 bits per heavy atom. The first kappa shape index (κ1) is 24.2. The number of likely N-dealkylation sites (tertiary alicyclic amines) is 1. The number of hydrogen-bond acceptors (Lipinski definition) is 10. The van der Waals surface area contributed by atoms with Crippen molar-refractivity contribution < 1.29 is 41.1 Å². The topological polar surface area (TPSA) is 118 Å². The minimum Gasteiger partial charge on any atom is -0.466 e. The molecule has 0 radical (unpaired) electrons. The van der Waals surface area contributed by atoms with Gasteiger partial charge in [0.1, 0.15) is 17.8 Å². The molecule has 2 fully saturated rings. The quantitative estimate of drug-likeness (QED) is 0.247. The SMILES string of the molecule is COC(=O)/C(OS(C)(=O)=O)=C(/C(=O)OC)[C@H]1[C@@H]2OC(C)(C)O[C@@H]2CN1Cc1ccccc1. The van der Waals surface area contributed by atoms with Crippen molar-refractivity contribution in [3.63, 3.8) is 0 Å². The predicted octanol–water partition coefficient (Wildman–Crippen LogP) is 0.967. The Balaban J connectivity index is 2.16. The van der Waals surface area contributed by atoms with Gasteiger partial charge in [0.05, 0.1) is 26.5 Å². The Labute approximate surface area is 187 Å². The van der Waals surface area contributed by atoms with Gasteiger partial charge in [0.2, 0.25) is 5.76 Å². The van der Waals surface area contributed by atoms with Crippen molar-refractivity contribution in [2.45, 2.75) is 44.4 Å². The van der Waals surface area contributed by atoms with E-state index in [9.17, 15) is 18.0 Å². The van der Waals surface area contributed by atoms with Crippen molar-refractivity contribution in [1.82, 2.24) is 4.90 Å². The maximum absolute atomic E-state index is 12.9. The van der Waals surface area contributed by atoms with E-state index < -0.39 is 51.9 Å². The molecule has 0 bridgehead atoms. The number of nitrogens with zero attached hydrogens (tertiary/aromatic N) is 1. The molecule has 0 spiro atoms. The van der Waals surface area contributed by atoms with Crippen LogP contribution >= 0.6 is 0 Å². The zero-order chi connectivity index (χ0) is 23.7. The van der Waals surface area contributed by atoms with Crippen LogP contribution in [0, 0.1) is 0 Å². The molecule has 0 unspecified atom stereocenters. The Morgan fingerprint density at radius 3 is 2.28 bits per heavy atom. The number of fused-ring (bicyclic) bond motifs is 1. The van der Waals surface area contributed by atoms with Crippen LogP contribution in [0.4, 0.5) is 0 Å². The van der Waals surface area contributed by atoms with Crippen molar-refractivity contribution in [3.05, 3.63) is 47.2 Å². The molecule has 10 nitrogen and oxygen atoms in total. The van der Waals surface area contributed by atoms with E-state index in [1.165, 1.54) is 0 Å². The molecule has 32 heavy (non-hydrogen) atoms. The fourth-order valence-electron chi connectivity index (χ4n) is 4.04. The van der Waals surface area contributed by atoms with Crippen LogP contribution < -0.4 is 0 Å². The van der Waals surface area contributed by atoms with Crippen LogP contribution in [-0.4, -0.2) is 76.3 Å². The smallest absolute Gasteiger partial charge is 0.375 e. The van der Waals surface area contributed by atoms with Gasteiger partial charge in [-0.2, -0.15) is 8.42 Å². The molecule has 2 aliphatic rings. The molecule has 0 amide bonds. The van der Waals surface area contributed by atoms with E-state index in [4.69, 9.17) is 23.1 Å². The van der Waals surface area contributed by atoms with Crippen LogP contribution in [0.5, 0.6) is 0 Å². The van der Waals surface area contributed by atoms with Crippen molar-refractivity contribution >= 4 is 22.1 Å². The lowest BCUT2D eigenvalue weighted by molar-refractivity contribution is -0.162. The lowest BCUT2D eigenvalue weighted by Crippen LogP contribution is -2.43. The fraction of sp³-hybridized carbons (Fsp3) is 0.524. The zero-order valence-corrected chi connectivity index (χ0v) is 19.4. The summed E-state index contributed by atoms with van der Waals surface area (Å²) in [6.07, 6.45) is -0.358. The average molecular weight is 470 g/mol. The van der Waals surface area contributed by atoms with Gasteiger partial charge in [0.25, 0.3) is 0 Å². The summed E-state index contributed by atoms with van der Waals surface area (Å²) in [5.74, 6) is -3.77. The van der Waals surface area contributed by atoms with Gasteiger partial charge in [-0.15, -0.1) is 0 Å². The Morgan fingerprint density at radius 2 is 1.72 bits per heavy atom. The Kier molecular flexibility index (Phi) is 6.94. The number of methoxy groups -OCH3 is 2. The van der Waals surface area contributed by atoms with Crippen molar-refractivity contribution in [2.24, 2.45) is 0 Å². The van der Waals surface area contributed by atoms with E-state index >= 15 is 0 Å². The van der Waals surface area contributed by atoms with E-state index in [1.54, 1.807) is 13.8 Å². The van der Waals surface area contributed by atoms with E-state index in [0.717, 1.165) is 26.0 Å². The van der Waals surface area contributed by atoms with Gasteiger partial charge >= 0.3 is 22.1 Å². The van der Waals surface area contributed by atoms with Gasteiger partial charge < -0.3 is 23.1 Å². The number of rotatable bonds is 7. The molecular formula is C21H27NO9S. The number of hydrogen-bond donors (Lipinski definition) is 0. The highest BCUT2D eigenvalue weighted by molar-refractivity contribution is 7.86. The monoisotopic (exact) mass is 469 g/mol. The molecule has 0 saturated carbocycles. The third-order valence-corrected chi connectivity index (χ3v) is 5.59. The third kappa shape index (κ3) is 5.29. The van der Waals surface area contributed by atoms with E-state index in [0.29, 0.717) is 13.1 Å². The van der Waals surface area contributed by atoms with E-state index in [2.05, 4.69) is 0 Å². The zero-order valence-electron chi connectivity index (χ0n) is 18.6. The second-order valence-electron chi connectivity index (χ2n) is 8.01. The van der Waals surface area contributed by atoms with E-state index in [1.807, 2.05) is 35.2 Å². The van der Waals surface area contributed by atoms with Crippen molar-refractivity contribution in [1.29, 1.82) is 0 Å². The fourth-order valence-corrected chi connectivity index (χ4v) is 4.50. The summed E-state index contributed by atoms with van der Waals surface area (Å²) in [4.78, 5) is 27.3. The van der Waals surface area contributed by atoms with Crippen LogP contribution in [-0.2, 0) is 49.4 Å². The van der Waals surface area contributed by atoms with Gasteiger partial charge in [-0.25, -0.2) is 9.59 Å². The Hall–Kier alpha value is -2.47. The molecule has 2 saturated heterocycles. The summed E-state index contributed by atoms with van der Waals surface area (Å²) in [6, 6.07) is 8.55. The van der Waals surface area contributed by atoms with Gasteiger partial charge in [-0.1, -0.05) is 30.3 Å². The molecule has 11 heteroatoms. The third-order valence-electron chi connectivity index (χ3n) is 5.12. The molecule has 3 rings (SSSR count). The van der Waals surface area contributed by atoms with Crippen LogP contribution in [0.25, 0.3) is 0 Å². The molecule has 3 atom stereocenters. The highest BCUT2D eigenvalue weighted by atomic mass is 32.2. The van der Waals surface area contributed by atoms with Crippen LogP contribution in [0.2, 0.25) is 0 Å². The molecule has 0 aliphatic carbocycles. The van der Waals surface area contributed by atoms with Gasteiger partial charge in [-0.05, 0) is 19.4 Å². The number of esters is 2. The lowest BCUT2D eigenvalue weighted by atomic mass is 9.99. The summed E-state index contributed by atoms with van der Waals surface area (Å²) < 4.78 is 50.4. The summed E-state index contributed by atoms with van der Waals surface area (Å²) >= 11 is 0. The number of carbonyl (C=O) groups is 2. The highest BCUT2D eigenvalue weighted by Gasteiger charge is 2.56. The van der Waals surface area contributed by atoms with E-state index in [-0.39, 0.29) is 5.57 Å². The van der Waals surface area contributed by atoms with Crippen LogP contribution in [0.3, 0.4) is 0 Å². The number of benzene rings is 1. The van der Waals surface area contributed by atoms with Crippen molar-refractivity contribution in [2.75, 3.05) is 27.0 Å². The summed E-state index contributed by atoms with van der Waals surface area (Å²) in [6.45, 7) is 4.21. The minimum atomic E-state index is -4.17. The van der Waals surface area contributed by atoms with Crippen molar-refractivity contribution in [3.8, 4) is 0 Å². The molecule has 176 valence electrons. The largest absolute Gasteiger partial charge is 0.466 e. The highest BCUT2D eigenvalue weighted by Crippen LogP contribution is 2.41. The predicted molar refractivity (Wildman–Crippen MR) is 111 cm³/mol. The maximum atomic E-state index is 12.9. The molecule has 0 aromatic heterocycles. The normalized spacial score (nSPS) is 25.6. The minimum absolute atomic E-state index is 0.311. The first-order valence-corrected chi connectivity index (χ1v) is 11.7. The molecular weight excluding hydrogens is 442 g/mol. The molecule has 1 aromatic carbocycles. The molecule has 2 heterocycles. The van der Waals surface area contributed by atoms with Gasteiger partial charge in [-0.3, -0.25) is 4.90 Å². The summed E-state index contributed by atoms with van der Waals surface area (Å²) in [5, 5.41) is 0. The second-order valence-corrected chi connectivity index (χ2v) is 9.59. The molecule has 1 aromatic rings. The summed E-state index contributed by atoms with van der Waals surface area (Å²) in [5.41, 5.74) is 0.624. The van der Waals surface area contributed by atoms with Crippen LogP contribution in [0.1, 0.15) is 19.4 Å². The number of carbonyl (C=O) groups excluding carboxylic acids is 2. The number of ether oxygens (including phenoxy) is 4. The average Bonchev–Trinajstić information content (AvgIpc) is 3.18.